The Labute approximate surface area is 130 Å². The van der Waals surface area contributed by atoms with Crippen LogP contribution in [-0.2, 0) is 6.42 Å². The van der Waals surface area contributed by atoms with Crippen LogP contribution in [0.5, 0.6) is 0 Å². The van der Waals surface area contributed by atoms with Gasteiger partial charge in [0, 0.05) is 31.2 Å². The molecule has 0 aromatic heterocycles. The lowest BCUT2D eigenvalue weighted by molar-refractivity contribution is 0.134. The molecule has 21 heavy (non-hydrogen) atoms. The Hall–Kier alpha value is -0.900. The predicted octanol–water partition coefficient (Wildman–Crippen LogP) is 2.66. The zero-order valence-corrected chi connectivity index (χ0v) is 14.0. The van der Waals surface area contributed by atoms with E-state index in [0.29, 0.717) is 12.1 Å². The fraction of sp³-hybridized carbons (Fsp3) is 0.667. The summed E-state index contributed by atoms with van der Waals surface area (Å²) in [6.45, 7) is 10.3. The molecule has 1 heterocycles. The summed E-state index contributed by atoms with van der Waals surface area (Å²) in [7, 11) is 2.22. The topological polar surface area (TPSA) is 32.5 Å². The minimum absolute atomic E-state index is 0.0850. The molecule has 1 saturated heterocycles. The van der Waals surface area contributed by atoms with Gasteiger partial charge in [-0.2, -0.15) is 0 Å². The second-order valence-electron chi connectivity index (χ2n) is 6.56. The summed E-state index contributed by atoms with van der Waals surface area (Å²) in [5, 5.41) is 0. The first kappa shape index (κ1) is 16.5. The molecule has 0 bridgehead atoms. The highest BCUT2D eigenvalue weighted by Crippen LogP contribution is 2.22. The third-order valence-electron chi connectivity index (χ3n) is 4.91. The molecular formula is C18H31N3. The van der Waals surface area contributed by atoms with Crippen molar-refractivity contribution in [3.63, 3.8) is 0 Å². The number of benzene rings is 1. The molecule has 2 N–H and O–H groups in total. The van der Waals surface area contributed by atoms with Crippen molar-refractivity contribution < 1.29 is 0 Å². The van der Waals surface area contributed by atoms with Gasteiger partial charge in [-0.3, -0.25) is 4.90 Å². The molecule has 0 amide bonds. The SMILES string of the molecule is CCc1ccc(C(N)C(C)N2CCCN(C)CC2C)cc1. The molecule has 118 valence electrons. The number of nitrogens with zero attached hydrogens (tertiary/aromatic N) is 2. The van der Waals surface area contributed by atoms with E-state index in [-0.39, 0.29) is 6.04 Å². The lowest BCUT2D eigenvalue weighted by Gasteiger charge is -2.37. The van der Waals surface area contributed by atoms with Gasteiger partial charge in [-0.25, -0.2) is 0 Å². The first-order valence-corrected chi connectivity index (χ1v) is 8.31. The van der Waals surface area contributed by atoms with Crippen molar-refractivity contribution in [2.24, 2.45) is 5.73 Å². The molecule has 0 saturated carbocycles. The van der Waals surface area contributed by atoms with E-state index in [9.17, 15) is 0 Å². The van der Waals surface area contributed by atoms with Gasteiger partial charge < -0.3 is 10.6 Å². The van der Waals surface area contributed by atoms with Crippen molar-refractivity contribution in [1.82, 2.24) is 9.80 Å². The van der Waals surface area contributed by atoms with Gasteiger partial charge in [0.25, 0.3) is 0 Å². The fourth-order valence-electron chi connectivity index (χ4n) is 3.46. The van der Waals surface area contributed by atoms with Gasteiger partial charge in [-0.15, -0.1) is 0 Å². The lowest BCUT2D eigenvalue weighted by Crippen LogP contribution is -2.47. The molecule has 1 aliphatic rings. The number of hydrogen-bond acceptors (Lipinski definition) is 3. The normalized spacial score (nSPS) is 24.5. The Kier molecular flexibility index (Phi) is 5.80. The molecule has 0 aliphatic carbocycles. The largest absolute Gasteiger partial charge is 0.323 e. The molecule has 3 atom stereocenters. The van der Waals surface area contributed by atoms with Crippen LogP contribution in [-0.4, -0.2) is 48.6 Å². The van der Waals surface area contributed by atoms with Gasteiger partial charge in [0.05, 0.1) is 0 Å². The van der Waals surface area contributed by atoms with Crippen LogP contribution in [0.3, 0.4) is 0 Å². The minimum atomic E-state index is 0.0850. The number of aryl methyl sites for hydroxylation is 1. The highest BCUT2D eigenvalue weighted by atomic mass is 15.3. The van der Waals surface area contributed by atoms with E-state index < -0.39 is 0 Å². The van der Waals surface area contributed by atoms with Crippen molar-refractivity contribution in [1.29, 1.82) is 0 Å². The zero-order chi connectivity index (χ0) is 15.4. The van der Waals surface area contributed by atoms with Crippen LogP contribution in [0, 0.1) is 0 Å². The smallest absolute Gasteiger partial charge is 0.0450 e. The van der Waals surface area contributed by atoms with Crippen LogP contribution < -0.4 is 5.73 Å². The minimum Gasteiger partial charge on any atom is -0.323 e. The first-order chi connectivity index (χ1) is 10.0. The van der Waals surface area contributed by atoms with E-state index >= 15 is 0 Å². The standard InChI is InChI=1S/C18H31N3/c1-5-16-7-9-17(10-8-16)18(19)15(3)21-12-6-11-20(4)13-14(21)2/h7-10,14-15,18H,5-6,11-13,19H2,1-4H3. The van der Waals surface area contributed by atoms with E-state index in [1.807, 2.05) is 0 Å². The zero-order valence-electron chi connectivity index (χ0n) is 14.0. The second-order valence-corrected chi connectivity index (χ2v) is 6.56. The molecule has 0 spiro atoms. The highest BCUT2D eigenvalue weighted by molar-refractivity contribution is 5.25. The summed E-state index contributed by atoms with van der Waals surface area (Å²) in [5.74, 6) is 0. The van der Waals surface area contributed by atoms with Crippen molar-refractivity contribution in [3.05, 3.63) is 35.4 Å². The maximum Gasteiger partial charge on any atom is 0.0450 e. The van der Waals surface area contributed by atoms with Crippen LogP contribution in [0.15, 0.2) is 24.3 Å². The third-order valence-corrected chi connectivity index (χ3v) is 4.91. The van der Waals surface area contributed by atoms with Crippen LogP contribution in [0.25, 0.3) is 0 Å². The van der Waals surface area contributed by atoms with Crippen LogP contribution in [0.4, 0.5) is 0 Å². The summed E-state index contributed by atoms with van der Waals surface area (Å²) in [6, 6.07) is 9.85. The van der Waals surface area contributed by atoms with Gasteiger partial charge in [-0.05, 0) is 51.4 Å². The van der Waals surface area contributed by atoms with Gasteiger partial charge in [0.2, 0.25) is 0 Å². The molecule has 3 heteroatoms. The fourth-order valence-corrected chi connectivity index (χ4v) is 3.46. The van der Waals surface area contributed by atoms with E-state index in [1.54, 1.807) is 0 Å². The number of rotatable bonds is 4. The maximum atomic E-state index is 6.55. The first-order valence-electron chi connectivity index (χ1n) is 8.31. The Morgan fingerprint density at radius 2 is 1.90 bits per heavy atom. The Morgan fingerprint density at radius 3 is 2.52 bits per heavy atom. The lowest BCUT2D eigenvalue weighted by atomic mass is 9.97. The van der Waals surface area contributed by atoms with Crippen LogP contribution in [0.2, 0.25) is 0 Å². The van der Waals surface area contributed by atoms with E-state index in [2.05, 4.69) is 61.9 Å². The van der Waals surface area contributed by atoms with Gasteiger partial charge >= 0.3 is 0 Å². The molecule has 1 aromatic rings. The second kappa shape index (κ2) is 7.39. The Bertz CT molecular complexity index is 429. The number of nitrogens with two attached hydrogens (primary N) is 1. The van der Waals surface area contributed by atoms with Crippen molar-refractivity contribution in [2.75, 3.05) is 26.7 Å². The van der Waals surface area contributed by atoms with Gasteiger partial charge in [0.15, 0.2) is 0 Å². The Balaban J connectivity index is 2.07. The van der Waals surface area contributed by atoms with Crippen LogP contribution in [0.1, 0.15) is 44.4 Å². The Morgan fingerprint density at radius 1 is 1.24 bits per heavy atom. The summed E-state index contributed by atoms with van der Waals surface area (Å²) >= 11 is 0. The van der Waals surface area contributed by atoms with Crippen molar-refractivity contribution in [3.8, 4) is 0 Å². The molecule has 1 aliphatic heterocycles. The average molecular weight is 289 g/mol. The summed E-state index contributed by atoms with van der Waals surface area (Å²) < 4.78 is 0. The third kappa shape index (κ3) is 4.06. The molecule has 2 rings (SSSR count). The summed E-state index contributed by atoms with van der Waals surface area (Å²) in [4.78, 5) is 5.01. The summed E-state index contributed by atoms with van der Waals surface area (Å²) in [5.41, 5.74) is 9.19. The molecule has 1 aromatic carbocycles. The molecular weight excluding hydrogens is 258 g/mol. The van der Waals surface area contributed by atoms with E-state index in [1.165, 1.54) is 24.1 Å². The molecule has 3 nitrogen and oxygen atoms in total. The van der Waals surface area contributed by atoms with Crippen molar-refractivity contribution >= 4 is 0 Å². The molecule has 1 fully saturated rings. The molecule has 0 radical (unpaired) electrons. The maximum absolute atomic E-state index is 6.55. The quantitative estimate of drug-likeness (QED) is 0.925. The average Bonchev–Trinajstić information content (AvgIpc) is 2.66. The van der Waals surface area contributed by atoms with Gasteiger partial charge in [0.1, 0.15) is 0 Å². The van der Waals surface area contributed by atoms with Crippen LogP contribution >= 0.6 is 0 Å². The number of likely N-dealkylation sites (N-methyl/N-ethyl adjacent to an activating group) is 1. The van der Waals surface area contributed by atoms with Crippen molar-refractivity contribution in [2.45, 2.75) is 51.7 Å². The predicted molar refractivity (Wildman–Crippen MR) is 90.5 cm³/mol. The number of hydrogen-bond donors (Lipinski definition) is 1. The van der Waals surface area contributed by atoms with E-state index in [0.717, 1.165) is 19.5 Å². The summed E-state index contributed by atoms with van der Waals surface area (Å²) in [6.07, 6.45) is 2.31. The van der Waals surface area contributed by atoms with E-state index in [4.69, 9.17) is 5.73 Å². The molecule has 3 unspecified atom stereocenters. The monoisotopic (exact) mass is 289 g/mol. The highest BCUT2D eigenvalue weighted by Gasteiger charge is 2.28. The van der Waals surface area contributed by atoms with Gasteiger partial charge in [-0.1, -0.05) is 31.2 Å².